The van der Waals surface area contributed by atoms with E-state index in [1.54, 1.807) is 15.7 Å². The molecule has 2 atom stereocenters. The molecule has 0 saturated heterocycles. The second-order valence-electron chi connectivity index (χ2n) is 14.0. The third-order valence-electron chi connectivity index (χ3n) is 10.1. The SMILES string of the molecule is Bc1c(B)c(C(F)(F)F)c(B)c(C(C)(CCCCCC)CCCCCCC)c1CC(C)(CCCC)CCCCCC. The second kappa shape index (κ2) is 18.8. The van der Waals surface area contributed by atoms with Crippen molar-refractivity contribution in [3.63, 3.8) is 0 Å². The highest BCUT2D eigenvalue weighted by Crippen LogP contribution is 2.42. The maximum atomic E-state index is 14.7. The molecular weight excluding hydrogens is 510 g/mol. The molecular formula is C35H64B3F3. The van der Waals surface area contributed by atoms with Gasteiger partial charge in [0.05, 0.1) is 0 Å². The highest BCUT2D eigenvalue weighted by Gasteiger charge is 2.41. The van der Waals surface area contributed by atoms with Crippen LogP contribution in [0, 0.1) is 5.41 Å². The van der Waals surface area contributed by atoms with Gasteiger partial charge in [0.15, 0.2) is 0 Å². The van der Waals surface area contributed by atoms with Gasteiger partial charge in [0.25, 0.3) is 0 Å². The van der Waals surface area contributed by atoms with Crippen molar-refractivity contribution in [3.05, 3.63) is 16.7 Å². The van der Waals surface area contributed by atoms with Crippen molar-refractivity contribution in [1.82, 2.24) is 0 Å². The Bertz CT molecular complexity index is 883. The van der Waals surface area contributed by atoms with E-state index in [0.717, 1.165) is 62.4 Å². The van der Waals surface area contributed by atoms with Gasteiger partial charge in [0.2, 0.25) is 0 Å². The van der Waals surface area contributed by atoms with Crippen LogP contribution in [0.15, 0.2) is 0 Å². The smallest absolute Gasteiger partial charge is 0.166 e. The van der Waals surface area contributed by atoms with Gasteiger partial charge in [-0.25, -0.2) is 0 Å². The summed E-state index contributed by atoms with van der Waals surface area (Å²) in [5.74, 6) is 0. The Balaban J connectivity index is 3.78. The molecule has 0 aromatic heterocycles. The fourth-order valence-corrected chi connectivity index (χ4v) is 7.44. The lowest BCUT2D eigenvalue weighted by Gasteiger charge is -2.40. The van der Waals surface area contributed by atoms with Crippen molar-refractivity contribution in [3.8, 4) is 0 Å². The summed E-state index contributed by atoms with van der Waals surface area (Å²) in [4.78, 5) is 0. The van der Waals surface area contributed by atoms with Gasteiger partial charge in [-0.15, -0.1) is 0 Å². The Morgan fingerprint density at radius 2 is 0.902 bits per heavy atom. The molecule has 0 heterocycles. The number of alkyl halides is 3. The molecule has 0 saturated carbocycles. The van der Waals surface area contributed by atoms with E-state index in [0.29, 0.717) is 10.9 Å². The number of unbranched alkanes of at least 4 members (excludes halogenated alkanes) is 11. The summed E-state index contributed by atoms with van der Waals surface area (Å²) in [6.45, 7) is 13.7. The number of hydrogen-bond donors (Lipinski definition) is 0. The van der Waals surface area contributed by atoms with Crippen LogP contribution in [0.4, 0.5) is 13.2 Å². The van der Waals surface area contributed by atoms with Crippen LogP contribution >= 0.6 is 0 Å². The third-order valence-corrected chi connectivity index (χ3v) is 10.1. The average molecular weight is 574 g/mol. The summed E-state index contributed by atoms with van der Waals surface area (Å²) in [6.07, 6.45) is 18.7. The van der Waals surface area contributed by atoms with Gasteiger partial charge in [-0.1, -0.05) is 160 Å². The topological polar surface area (TPSA) is 0 Å². The minimum atomic E-state index is -4.33. The molecule has 0 fully saturated rings. The Hall–Kier alpha value is -0.795. The fraction of sp³-hybridized carbons (Fsp3) is 0.829. The van der Waals surface area contributed by atoms with Gasteiger partial charge >= 0.3 is 6.18 Å². The fourth-order valence-electron chi connectivity index (χ4n) is 7.44. The zero-order chi connectivity index (χ0) is 31.1. The van der Waals surface area contributed by atoms with Crippen LogP contribution < -0.4 is 16.4 Å². The predicted octanol–water partition coefficient (Wildman–Crippen LogP) is 7.78. The van der Waals surface area contributed by atoms with Gasteiger partial charge < -0.3 is 0 Å². The van der Waals surface area contributed by atoms with E-state index in [1.165, 1.54) is 82.6 Å². The molecule has 0 spiro atoms. The summed E-state index contributed by atoms with van der Waals surface area (Å²) in [7, 11) is 5.53. The lowest BCUT2D eigenvalue weighted by atomic mass is 9.58. The lowest BCUT2D eigenvalue weighted by molar-refractivity contribution is -0.135. The standard InChI is InChI=1S/C35H64B3F3/c1-7-11-15-18-21-25-34(6,24-20-17-13-9-3)28-27(30(36)32(38)29(31(28)37)35(39,40)41)26-33(5,22-14-10-4)23-19-16-12-8-2/h7-26,36-38H2,1-6H3. The Labute approximate surface area is 256 Å². The number of halogens is 3. The Kier molecular flexibility index (Phi) is 17.5. The van der Waals surface area contributed by atoms with Crippen molar-refractivity contribution in [2.75, 3.05) is 0 Å². The lowest BCUT2D eigenvalue weighted by Crippen LogP contribution is -2.48. The monoisotopic (exact) mass is 575 g/mol. The molecule has 234 valence electrons. The molecule has 1 rings (SSSR count). The quantitative estimate of drug-likeness (QED) is 0.0981. The van der Waals surface area contributed by atoms with Crippen LogP contribution in [0.3, 0.4) is 0 Å². The van der Waals surface area contributed by atoms with Crippen molar-refractivity contribution < 1.29 is 13.2 Å². The molecule has 0 amide bonds. The van der Waals surface area contributed by atoms with Crippen LogP contribution in [-0.2, 0) is 18.0 Å². The maximum Gasteiger partial charge on any atom is 0.415 e. The first-order chi connectivity index (χ1) is 19.3. The van der Waals surface area contributed by atoms with E-state index >= 15 is 0 Å². The first-order valence-electron chi connectivity index (χ1n) is 17.5. The molecule has 0 bridgehead atoms. The molecule has 6 heteroatoms. The summed E-state index contributed by atoms with van der Waals surface area (Å²) >= 11 is 0. The molecule has 1 aromatic carbocycles. The van der Waals surface area contributed by atoms with E-state index in [4.69, 9.17) is 0 Å². The maximum absolute atomic E-state index is 14.7. The minimum Gasteiger partial charge on any atom is -0.166 e. The van der Waals surface area contributed by atoms with Crippen molar-refractivity contribution >= 4 is 39.9 Å². The zero-order valence-corrected chi connectivity index (χ0v) is 28.8. The largest absolute Gasteiger partial charge is 0.415 e. The van der Waals surface area contributed by atoms with Crippen molar-refractivity contribution in [2.45, 2.75) is 182 Å². The van der Waals surface area contributed by atoms with Gasteiger partial charge in [-0.3, -0.25) is 0 Å². The number of hydrogen-bond acceptors (Lipinski definition) is 0. The molecule has 0 aliphatic carbocycles. The molecule has 41 heavy (non-hydrogen) atoms. The van der Waals surface area contributed by atoms with Crippen LogP contribution in [0.1, 0.15) is 180 Å². The van der Waals surface area contributed by atoms with Crippen LogP contribution in [0.2, 0.25) is 0 Å². The van der Waals surface area contributed by atoms with Gasteiger partial charge in [0, 0.05) is 5.56 Å². The number of rotatable bonds is 22. The minimum absolute atomic E-state index is 0.117. The molecule has 1 aromatic rings. The molecule has 0 N–H and O–H groups in total. The van der Waals surface area contributed by atoms with E-state index in [1.807, 2.05) is 7.85 Å². The van der Waals surface area contributed by atoms with Crippen molar-refractivity contribution in [1.29, 1.82) is 0 Å². The first-order valence-corrected chi connectivity index (χ1v) is 17.5. The van der Waals surface area contributed by atoms with E-state index < -0.39 is 6.18 Å². The van der Waals surface area contributed by atoms with Gasteiger partial charge in [-0.2, -0.15) is 13.2 Å². The Morgan fingerprint density at radius 3 is 1.37 bits per heavy atom. The molecule has 0 aliphatic heterocycles. The summed E-state index contributed by atoms with van der Waals surface area (Å²) in [5.41, 5.74) is 3.72. The molecule has 0 radical (unpaired) electrons. The van der Waals surface area contributed by atoms with Crippen molar-refractivity contribution in [2.24, 2.45) is 5.41 Å². The normalized spacial score (nSPS) is 15.1. The van der Waals surface area contributed by atoms with Crippen LogP contribution in [0.25, 0.3) is 0 Å². The number of benzene rings is 1. The van der Waals surface area contributed by atoms with E-state index in [9.17, 15) is 13.2 Å². The van der Waals surface area contributed by atoms with Gasteiger partial charge in [-0.05, 0) is 48.5 Å². The van der Waals surface area contributed by atoms with E-state index in [-0.39, 0.29) is 16.4 Å². The predicted molar refractivity (Wildman–Crippen MR) is 186 cm³/mol. The first kappa shape index (κ1) is 38.2. The summed E-state index contributed by atoms with van der Waals surface area (Å²) in [5, 5.41) is 0. The molecule has 0 nitrogen and oxygen atoms in total. The van der Waals surface area contributed by atoms with E-state index in [2.05, 4.69) is 41.5 Å². The summed E-state index contributed by atoms with van der Waals surface area (Å²) < 4.78 is 44.0. The second-order valence-corrected chi connectivity index (χ2v) is 14.0. The molecule has 2 unspecified atom stereocenters. The average Bonchev–Trinajstić information content (AvgIpc) is 2.90. The third kappa shape index (κ3) is 12.0. The zero-order valence-electron chi connectivity index (χ0n) is 28.8. The van der Waals surface area contributed by atoms with Gasteiger partial charge in [0.1, 0.15) is 23.5 Å². The Morgan fingerprint density at radius 1 is 0.488 bits per heavy atom. The highest BCUT2D eigenvalue weighted by molar-refractivity contribution is 6.52. The molecule has 0 aliphatic rings. The van der Waals surface area contributed by atoms with Crippen LogP contribution in [0.5, 0.6) is 0 Å². The highest BCUT2D eigenvalue weighted by atomic mass is 19.4. The summed E-state index contributed by atoms with van der Waals surface area (Å²) in [6, 6.07) is 0. The van der Waals surface area contributed by atoms with Crippen LogP contribution in [-0.4, -0.2) is 23.5 Å².